The average molecular weight is 469 g/mol. The summed E-state index contributed by atoms with van der Waals surface area (Å²) in [5.41, 5.74) is 1.85. The maximum absolute atomic E-state index is 14.2. The Morgan fingerprint density at radius 1 is 1.03 bits per heavy atom. The summed E-state index contributed by atoms with van der Waals surface area (Å²) in [5, 5.41) is 18.3. The molecule has 0 amide bonds. The Balaban J connectivity index is 1.76. The van der Waals surface area contributed by atoms with Crippen molar-refractivity contribution in [1.29, 1.82) is 0 Å². The lowest BCUT2D eigenvalue weighted by Crippen LogP contribution is -2.06. The average Bonchev–Trinajstić information content (AvgIpc) is 2.70. The summed E-state index contributed by atoms with van der Waals surface area (Å²) in [6.45, 7) is 1.88. The number of halogens is 2. The van der Waals surface area contributed by atoms with Gasteiger partial charge < -0.3 is 10.6 Å². The van der Waals surface area contributed by atoms with E-state index in [2.05, 4.69) is 41.5 Å². The number of hydrogen-bond donors (Lipinski definition) is 2. The lowest BCUT2D eigenvalue weighted by Gasteiger charge is -2.12. The fourth-order valence-corrected chi connectivity index (χ4v) is 3.28. The summed E-state index contributed by atoms with van der Waals surface area (Å²) in [4.78, 5) is 23.6. The highest BCUT2D eigenvalue weighted by Crippen LogP contribution is 2.35. The van der Waals surface area contributed by atoms with E-state index in [-0.39, 0.29) is 17.3 Å². The van der Waals surface area contributed by atoms with Crippen LogP contribution in [0.5, 0.6) is 0 Å². The van der Waals surface area contributed by atoms with E-state index in [9.17, 15) is 14.5 Å². The van der Waals surface area contributed by atoms with Crippen molar-refractivity contribution in [3.05, 3.63) is 81.0 Å². The topological polar surface area (TPSA) is 106 Å². The monoisotopic (exact) mass is 468 g/mol. The molecule has 0 aliphatic rings. The molecule has 0 fully saturated rings. The predicted molar refractivity (Wildman–Crippen MR) is 116 cm³/mol. The van der Waals surface area contributed by atoms with Gasteiger partial charge in [-0.15, -0.1) is 0 Å². The van der Waals surface area contributed by atoms with Crippen molar-refractivity contribution in [2.24, 2.45) is 0 Å². The van der Waals surface area contributed by atoms with E-state index >= 15 is 0 Å². The van der Waals surface area contributed by atoms with Crippen molar-refractivity contribution in [2.75, 3.05) is 10.6 Å². The summed E-state index contributed by atoms with van der Waals surface area (Å²) in [5.74, 6) is -0.738. The molecule has 10 heteroatoms. The zero-order valence-corrected chi connectivity index (χ0v) is 17.1. The van der Waals surface area contributed by atoms with Gasteiger partial charge in [0.2, 0.25) is 11.6 Å². The molecule has 0 bridgehead atoms. The number of nitrogens with one attached hydrogen (secondary N) is 2. The minimum atomic E-state index is -0.616. The largest absolute Gasteiger partial charge is 0.353 e. The molecule has 2 N–H and O–H groups in total. The van der Waals surface area contributed by atoms with Crippen molar-refractivity contribution < 1.29 is 9.31 Å². The second kappa shape index (κ2) is 7.99. The van der Waals surface area contributed by atoms with Gasteiger partial charge >= 0.3 is 5.69 Å². The standard InChI is InChI=1S/C20H14BrFN6O2/c1-11-5-7-13-15(25-11)3-2-4-16(13)26-19-18(28(29)30)20(24-10-23-19)27-17-8-6-12(21)9-14(17)22/h2-10H,1H3,(H2,23,24,26,27). The SMILES string of the molecule is Cc1ccc2c(Nc3ncnc(Nc4ccc(Br)cc4F)c3[N+](=O)[O-])cccc2n1. The molecule has 30 heavy (non-hydrogen) atoms. The zero-order valence-electron chi connectivity index (χ0n) is 15.6. The summed E-state index contributed by atoms with van der Waals surface area (Å²) >= 11 is 3.18. The second-order valence-corrected chi connectivity index (χ2v) is 7.29. The van der Waals surface area contributed by atoms with Crippen LogP contribution in [0.1, 0.15) is 5.69 Å². The van der Waals surface area contributed by atoms with E-state index in [1.54, 1.807) is 18.2 Å². The number of aromatic nitrogens is 3. The Morgan fingerprint density at radius 2 is 1.77 bits per heavy atom. The second-order valence-electron chi connectivity index (χ2n) is 6.38. The van der Waals surface area contributed by atoms with Crippen LogP contribution in [0.2, 0.25) is 0 Å². The third-order valence-electron chi connectivity index (χ3n) is 4.31. The highest BCUT2D eigenvalue weighted by atomic mass is 79.9. The molecule has 0 saturated carbocycles. The molecular formula is C20H14BrFN6O2. The van der Waals surface area contributed by atoms with Crippen molar-refractivity contribution in [2.45, 2.75) is 6.92 Å². The Bertz CT molecular complexity index is 1280. The van der Waals surface area contributed by atoms with E-state index < -0.39 is 16.4 Å². The Kier molecular flexibility index (Phi) is 5.23. The van der Waals surface area contributed by atoms with Gasteiger partial charge in [-0.2, -0.15) is 0 Å². The Labute approximate surface area is 178 Å². The number of rotatable bonds is 5. The smallest absolute Gasteiger partial charge is 0.334 e. The number of aryl methyl sites for hydroxylation is 1. The molecule has 0 saturated heterocycles. The number of pyridine rings is 1. The van der Waals surface area contributed by atoms with Crippen LogP contribution in [-0.2, 0) is 0 Å². The minimum absolute atomic E-state index is 0.0249. The molecule has 2 aromatic heterocycles. The van der Waals surface area contributed by atoms with Crippen LogP contribution in [-0.4, -0.2) is 19.9 Å². The first-order chi connectivity index (χ1) is 14.4. The van der Waals surface area contributed by atoms with Crippen LogP contribution >= 0.6 is 15.9 Å². The molecular weight excluding hydrogens is 455 g/mol. The van der Waals surface area contributed by atoms with Gasteiger partial charge in [-0.3, -0.25) is 15.1 Å². The summed E-state index contributed by atoms with van der Waals surface area (Å²) < 4.78 is 14.7. The van der Waals surface area contributed by atoms with Crippen LogP contribution in [0, 0.1) is 22.9 Å². The number of fused-ring (bicyclic) bond motifs is 1. The van der Waals surface area contributed by atoms with E-state index in [0.29, 0.717) is 10.2 Å². The van der Waals surface area contributed by atoms with E-state index in [4.69, 9.17) is 0 Å². The van der Waals surface area contributed by atoms with Crippen molar-refractivity contribution in [3.8, 4) is 0 Å². The highest BCUT2D eigenvalue weighted by Gasteiger charge is 2.24. The van der Waals surface area contributed by atoms with E-state index in [1.807, 2.05) is 25.1 Å². The Hall–Kier alpha value is -3.66. The predicted octanol–water partition coefficient (Wildman–Crippen LogP) is 5.63. The molecule has 8 nitrogen and oxygen atoms in total. The van der Waals surface area contributed by atoms with Crippen molar-refractivity contribution in [3.63, 3.8) is 0 Å². The molecule has 150 valence electrons. The maximum atomic E-state index is 14.2. The number of nitro groups is 1. The van der Waals surface area contributed by atoms with Gasteiger partial charge in [0.15, 0.2) is 0 Å². The molecule has 2 aromatic carbocycles. The fourth-order valence-electron chi connectivity index (χ4n) is 2.95. The van der Waals surface area contributed by atoms with Crippen LogP contribution in [0.4, 0.5) is 33.1 Å². The highest BCUT2D eigenvalue weighted by molar-refractivity contribution is 9.10. The maximum Gasteiger partial charge on any atom is 0.353 e. The van der Waals surface area contributed by atoms with Crippen LogP contribution in [0.25, 0.3) is 10.9 Å². The van der Waals surface area contributed by atoms with Crippen molar-refractivity contribution in [1.82, 2.24) is 15.0 Å². The summed E-state index contributed by atoms with van der Waals surface area (Å²) in [7, 11) is 0. The first kappa shape index (κ1) is 19.6. The van der Waals surface area contributed by atoms with Crippen LogP contribution in [0.3, 0.4) is 0 Å². The third kappa shape index (κ3) is 3.90. The van der Waals surface area contributed by atoms with Gasteiger partial charge in [-0.1, -0.05) is 22.0 Å². The number of nitrogens with zero attached hydrogens (tertiary/aromatic N) is 4. The first-order valence-electron chi connectivity index (χ1n) is 8.77. The number of anilines is 4. The quantitative estimate of drug-likeness (QED) is 0.288. The fraction of sp³-hybridized carbons (Fsp3) is 0.0500. The van der Waals surface area contributed by atoms with Crippen molar-refractivity contribution >= 4 is 55.5 Å². The molecule has 0 aliphatic heterocycles. The van der Waals surface area contributed by atoms with Gasteiger partial charge in [0.05, 0.1) is 16.1 Å². The molecule has 0 radical (unpaired) electrons. The van der Waals surface area contributed by atoms with Gasteiger partial charge in [0.25, 0.3) is 0 Å². The van der Waals surface area contributed by atoms with Gasteiger partial charge in [0, 0.05) is 21.2 Å². The number of benzene rings is 2. The lowest BCUT2D eigenvalue weighted by molar-refractivity contribution is -0.383. The molecule has 0 unspecified atom stereocenters. The van der Waals surface area contributed by atoms with Gasteiger partial charge in [-0.25, -0.2) is 14.4 Å². The molecule has 4 aromatic rings. The molecule has 2 heterocycles. The number of hydrogen-bond acceptors (Lipinski definition) is 7. The van der Waals surface area contributed by atoms with E-state index in [1.165, 1.54) is 18.5 Å². The molecule has 0 atom stereocenters. The summed E-state index contributed by atoms with van der Waals surface area (Å²) in [6, 6.07) is 13.5. The van der Waals surface area contributed by atoms with Gasteiger partial charge in [-0.05, 0) is 49.4 Å². The molecule has 4 rings (SSSR count). The van der Waals surface area contributed by atoms with Crippen LogP contribution in [0.15, 0.2) is 59.3 Å². The van der Waals surface area contributed by atoms with Crippen LogP contribution < -0.4 is 10.6 Å². The summed E-state index contributed by atoms with van der Waals surface area (Å²) in [6.07, 6.45) is 1.17. The zero-order chi connectivity index (χ0) is 21.3. The third-order valence-corrected chi connectivity index (χ3v) is 4.81. The van der Waals surface area contributed by atoms with Gasteiger partial charge in [0.1, 0.15) is 12.1 Å². The molecule has 0 spiro atoms. The Morgan fingerprint density at radius 3 is 2.47 bits per heavy atom. The molecule has 0 aliphatic carbocycles. The lowest BCUT2D eigenvalue weighted by atomic mass is 10.1. The van der Waals surface area contributed by atoms with E-state index in [0.717, 1.165) is 16.6 Å². The normalized spacial score (nSPS) is 10.8. The first-order valence-corrected chi connectivity index (χ1v) is 9.56. The minimum Gasteiger partial charge on any atom is -0.334 e.